The van der Waals surface area contributed by atoms with Gasteiger partial charge in [0, 0.05) is 13.8 Å². The van der Waals surface area contributed by atoms with E-state index < -0.39 is 0 Å². The van der Waals surface area contributed by atoms with Crippen molar-refractivity contribution in [2.45, 2.75) is 53.0 Å². The third-order valence-corrected chi connectivity index (χ3v) is 3.03. The number of aromatic nitrogens is 2. The van der Waals surface area contributed by atoms with Crippen LogP contribution in [0.4, 0.5) is 0 Å². The van der Waals surface area contributed by atoms with Crippen LogP contribution in [0, 0.1) is 13.8 Å². The second-order valence-corrected chi connectivity index (χ2v) is 4.13. The smallest absolute Gasteiger partial charge is 0.235 e. The minimum Gasteiger partial charge on any atom is -0.235 e. The molecule has 0 aliphatic carbocycles. The molecule has 0 radical (unpaired) electrons. The molecule has 0 N–H and O–H groups in total. The summed E-state index contributed by atoms with van der Waals surface area (Å²) in [5.41, 5.74) is 1.35. The van der Waals surface area contributed by atoms with Crippen LogP contribution in [0.5, 0.6) is 0 Å². The first kappa shape index (κ1) is 11.3. The molecule has 1 aromatic rings. The van der Waals surface area contributed by atoms with Crippen LogP contribution in [0.15, 0.2) is 6.20 Å². The second kappa shape index (κ2) is 5.18. The number of unbranched alkanes of at least 4 members (excludes halogenated alkanes) is 3. The Hall–Kier alpha value is -0.790. The van der Waals surface area contributed by atoms with Crippen LogP contribution in [-0.4, -0.2) is 4.57 Å². The van der Waals surface area contributed by atoms with Crippen molar-refractivity contribution in [3.63, 3.8) is 0 Å². The molecule has 0 saturated heterocycles. The Balaban J connectivity index is 2.47. The fourth-order valence-electron chi connectivity index (χ4n) is 1.79. The summed E-state index contributed by atoms with van der Waals surface area (Å²) < 4.78 is 4.62. The number of hydrogen-bond donors (Lipinski definition) is 0. The predicted octanol–water partition coefficient (Wildman–Crippen LogP) is 2.51. The van der Waals surface area contributed by atoms with E-state index in [0.717, 1.165) is 0 Å². The maximum absolute atomic E-state index is 2.37. The fourth-order valence-corrected chi connectivity index (χ4v) is 1.79. The van der Waals surface area contributed by atoms with Crippen molar-refractivity contribution in [1.82, 2.24) is 4.57 Å². The summed E-state index contributed by atoms with van der Waals surface area (Å²) >= 11 is 0. The highest BCUT2D eigenvalue weighted by Crippen LogP contribution is 2.04. The summed E-state index contributed by atoms with van der Waals surface area (Å²) in [5.74, 6) is 1.36. The average Bonchev–Trinajstić information content (AvgIpc) is 2.41. The molecule has 1 heterocycles. The number of rotatable bonds is 5. The van der Waals surface area contributed by atoms with E-state index in [2.05, 4.69) is 43.1 Å². The monoisotopic (exact) mass is 195 g/mol. The van der Waals surface area contributed by atoms with Gasteiger partial charge in [0.15, 0.2) is 0 Å². The molecule has 0 unspecified atom stereocenters. The maximum atomic E-state index is 2.37. The molecule has 80 valence electrons. The molecule has 0 bridgehead atoms. The molecular formula is C12H23N2+. The van der Waals surface area contributed by atoms with Gasteiger partial charge in [-0.25, -0.2) is 9.13 Å². The lowest BCUT2D eigenvalue weighted by atomic mass is 10.2. The van der Waals surface area contributed by atoms with E-state index >= 15 is 0 Å². The van der Waals surface area contributed by atoms with Crippen molar-refractivity contribution in [1.29, 1.82) is 0 Å². The van der Waals surface area contributed by atoms with Crippen molar-refractivity contribution in [2.75, 3.05) is 0 Å². The molecular weight excluding hydrogens is 172 g/mol. The molecule has 0 fully saturated rings. The van der Waals surface area contributed by atoms with Crippen molar-refractivity contribution < 1.29 is 4.57 Å². The summed E-state index contributed by atoms with van der Waals surface area (Å²) in [6.07, 6.45) is 7.60. The van der Waals surface area contributed by atoms with Gasteiger partial charge in [-0.05, 0) is 12.8 Å². The topological polar surface area (TPSA) is 8.81 Å². The molecule has 2 nitrogen and oxygen atoms in total. The van der Waals surface area contributed by atoms with Gasteiger partial charge in [0.1, 0.15) is 11.9 Å². The van der Waals surface area contributed by atoms with E-state index in [0.29, 0.717) is 0 Å². The highest BCUT2D eigenvalue weighted by atomic mass is 15.1. The lowest BCUT2D eigenvalue weighted by molar-refractivity contribution is -0.683. The lowest BCUT2D eigenvalue weighted by Crippen LogP contribution is -2.33. The van der Waals surface area contributed by atoms with Crippen molar-refractivity contribution in [2.24, 2.45) is 7.05 Å². The molecule has 1 rings (SSSR count). The van der Waals surface area contributed by atoms with E-state index in [4.69, 9.17) is 0 Å². The minimum absolute atomic E-state index is 1.17. The number of hydrogen-bond acceptors (Lipinski definition) is 0. The van der Waals surface area contributed by atoms with Crippen molar-refractivity contribution in [3.8, 4) is 0 Å². The van der Waals surface area contributed by atoms with Gasteiger partial charge in [0.05, 0.1) is 13.6 Å². The molecule has 1 aromatic heterocycles. The standard InChI is InChI=1S/C12H23N2/c1-5-6-7-8-9-14-10-11(2)13(4)12(14)3/h10H,5-9H2,1-4H3/q+1. The van der Waals surface area contributed by atoms with Crippen LogP contribution in [-0.2, 0) is 13.6 Å². The highest BCUT2D eigenvalue weighted by molar-refractivity contribution is 4.90. The second-order valence-electron chi connectivity index (χ2n) is 4.13. The summed E-state index contributed by atoms with van der Waals surface area (Å²) in [5, 5.41) is 0. The van der Waals surface area contributed by atoms with Crippen LogP contribution in [0.3, 0.4) is 0 Å². The molecule has 2 heteroatoms. The van der Waals surface area contributed by atoms with Gasteiger partial charge in [-0.3, -0.25) is 0 Å². The van der Waals surface area contributed by atoms with Crippen LogP contribution < -0.4 is 4.57 Å². The lowest BCUT2D eigenvalue weighted by Gasteiger charge is -1.98. The van der Waals surface area contributed by atoms with Crippen LogP contribution >= 0.6 is 0 Å². The van der Waals surface area contributed by atoms with Gasteiger partial charge in [-0.15, -0.1) is 0 Å². The van der Waals surface area contributed by atoms with Crippen LogP contribution in [0.25, 0.3) is 0 Å². The number of imidazole rings is 1. The zero-order chi connectivity index (χ0) is 10.6. The molecule has 0 amide bonds. The van der Waals surface area contributed by atoms with Crippen molar-refractivity contribution >= 4 is 0 Å². The molecule has 0 saturated carbocycles. The SMILES string of the molecule is CCCCCCn1cc(C)[n+](C)c1C. The van der Waals surface area contributed by atoms with Gasteiger partial charge in [-0.1, -0.05) is 19.8 Å². The Morgan fingerprint density at radius 3 is 2.43 bits per heavy atom. The van der Waals surface area contributed by atoms with Gasteiger partial charge >= 0.3 is 0 Å². The Bertz CT molecular complexity index is 287. The Kier molecular flexibility index (Phi) is 4.18. The molecule has 0 atom stereocenters. The Morgan fingerprint density at radius 2 is 1.93 bits per heavy atom. The third-order valence-electron chi connectivity index (χ3n) is 3.03. The van der Waals surface area contributed by atoms with Gasteiger partial charge in [-0.2, -0.15) is 0 Å². The van der Waals surface area contributed by atoms with Crippen LogP contribution in [0.2, 0.25) is 0 Å². The Labute approximate surface area is 87.6 Å². The first-order valence-corrected chi connectivity index (χ1v) is 5.69. The molecule has 0 aliphatic rings. The van der Waals surface area contributed by atoms with E-state index in [1.54, 1.807) is 0 Å². The third kappa shape index (κ3) is 2.60. The minimum atomic E-state index is 1.17. The first-order chi connectivity index (χ1) is 6.66. The Morgan fingerprint density at radius 1 is 1.21 bits per heavy atom. The number of aryl methyl sites for hydroxylation is 2. The normalized spacial score (nSPS) is 10.9. The van der Waals surface area contributed by atoms with E-state index in [9.17, 15) is 0 Å². The molecule has 0 aliphatic heterocycles. The van der Waals surface area contributed by atoms with Crippen molar-refractivity contribution in [3.05, 3.63) is 17.7 Å². The molecule has 0 spiro atoms. The fraction of sp³-hybridized carbons (Fsp3) is 0.750. The van der Waals surface area contributed by atoms with Crippen LogP contribution in [0.1, 0.15) is 44.1 Å². The van der Waals surface area contributed by atoms with Gasteiger partial charge < -0.3 is 0 Å². The first-order valence-electron chi connectivity index (χ1n) is 5.69. The predicted molar refractivity (Wildman–Crippen MR) is 59.2 cm³/mol. The largest absolute Gasteiger partial charge is 0.253 e. The quantitative estimate of drug-likeness (QED) is 0.504. The average molecular weight is 195 g/mol. The summed E-state index contributed by atoms with van der Waals surface area (Å²) in [6, 6.07) is 0. The van der Waals surface area contributed by atoms with E-state index in [1.165, 1.54) is 43.7 Å². The number of nitrogens with zero attached hydrogens (tertiary/aromatic N) is 2. The summed E-state index contributed by atoms with van der Waals surface area (Å²) in [4.78, 5) is 0. The zero-order valence-corrected chi connectivity index (χ0v) is 10.0. The van der Waals surface area contributed by atoms with Gasteiger partial charge in [0.25, 0.3) is 5.82 Å². The maximum Gasteiger partial charge on any atom is 0.253 e. The summed E-state index contributed by atoms with van der Waals surface area (Å²) in [6.45, 7) is 7.78. The molecule has 0 aromatic carbocycles. The van der Waals surface area contributed by atoms with Gasteiger partial charge in [0.2, 0.25) is 0 Å². The van der Waals surface area contributed by atoms with E-state index in [1.807, 2.05) is 0 Å². The highest BCUT2D eigenvalue weighted by Gasteiger charge is 2.11. The molecule has 14 heavy (non-hydrogen) atoms. The van der Waals surface area contributed by atoms with E-state index in [-0.39, 0.29) is 0 Å². The zero-order valence-electron chi connectivity index (χ0n) is 10.0. The summed E-state index contributed by atoms with van der Waals surface area (Å²) in [7, 11) is 2.13.